The summed E-state index contributed by atoms with van der Waals surface area (Å²) in [7, 11) is 4.47. The molecule has 0 saturated heterocycles. The SMILES string of the molecule is COc1cc(C(=O)Nc2ccc3oc(-c4cc(Cl)ccc4Cl)nc3c2)cc(OC)c1OC. The van der Waals surface area contributed by atoms with Crippen LogP contribution in [0, 0.1) is 0 Å². The molecule has 3 aromatic carbocycles. The van der Waals surface area contributed by atoms with E-state index in [0.717, 1.165) is 0 Å². The summed E-state index contributed by atoms with van der Waals surface area (Å²) in [6.45, 7) is 0. The van der Waals surface area contributed by atoms with E-state index in [0.29, 0.717) is 61.1 Å². The summed E-state index contributed by atoms with van der Waals surface area (Å²) in [6.07, 6.45) is 0. The van der Waals surface area contributed by atoms with E-state index >= 15 is 0 Å². The van der Waals surface area contributed by atoms with Crippen molar-refractivity contribution in [1.29, 1.82) is 0 Å². The largest absolute Gasteiger partial charge is 0.493 e. The smallest absolute Gasteiger partial charge is 0.255 e. The van der Waals surface area contributed by atoms with Gasteiger partial charge in [-0.15, -0.1) is 0 Å². The van der Waals surface area contributed by atoms with Gasteiger partial charge in [-0.05, 0) is 48.5 Å². The van der Waals surface area contributed by atoms with Crippen molar-refractivity contribution in [2.75, 3.05) is 26.6 Å². The first-order valence-electron chi connectivity index (χ1n) is 9.41. The highest BCUT2D eigenvalue weighted by molar-refractivity contribution is 6.35. The first-order chi connectivity index (χ1) is 15.4. The summed E-state index contributed by atoms with van der Waals surface area (Å²) in [6, 6.07) is 13.3. The first kappa shape index (κ1) is 21.8. The topological polar surface area (TPSA) is 82.8 Å². The van der Waals surface area contributed by atoms with Crippen molar-refractivity contribution in [3.63, 3.8) is 0 Å². The Morgan fingerprint density at radius 2 is 1.66 bits per heavy atom. The fourth-order valence-electron chi connectivity index (χ4n) is 3.20. The lowest BCUT2D eigenvalue weighted by Crippen LogP contribution is -2.12. The number of nitrogens with one attached hydrogen (secondary N) is 1. The average molecular weight is 473 g/mol. The fraction of sp³-hybridized carbons (Fsp3) is 0.130. The molecule has 0 saturated carbocycles. The number of anilines is 1. The lowest BCUT2D eigenvalue weighted by molar-refractivity contribution is 0.102. The van der Waals surface area contributed by atoms with Crippen molar-refractivity contribution in [2.24, 2.45) is 0 Å². The minimum absolute atomic E-state index is 0.334. The number of halogens is 2. The van der Waals surface area contributed by atoms with Crippen LogP contribution in [-0.4, -0.2) is 32.2 Å². The van der Waals surface area contributed by atoms with E-state index in [9.17, 15) is 4.79 Å². The number of benzene rings is 3. The van der Waals surface area contributed by atoms with E-state index in [4.69, 9.17) is 41.8 Å². The van der Waals surface area contributed by atoms with E-state index in [2.05, 4.69) is 10.3 Å². The summed E-state index contributed by atoms with van der Waals surface area (Å²) < 4.78 is 21.7. The third kappa shape index (κ3) is 4.17. The van der Waals surface area contributed by atoms with Gasteiger partial charge in [0.05, 0.1) is 31.9 Å². The number of hydrogen-bond donors (Lipinski definition) is 1. The summed E-state index contributed by atoms with van der Waals surface area (Å²) >= 11 is 12.3. The number of aromatic nitrogens is 1. The molecule has 0 atom stereocenters. The number of rotatable bonds is 6. The first-order valence-corrected chi connectivity index (χ1v) is 10.2. The molecule has 164 valence electrons. The summed E-state index contributed by atoms with van der Waals surface area (Å²) in [5.41, 5.74) is 2.55. The van der Waals surface area contributed by atoms with Gasteiger partial charge in [0.2, 0.25) is 11.6 Å². The van der Waals surface area contributed by atoms with E-state index in [-0.39, 0.29) is 5.91 Å². The lowest BCUT2D eigenvalue weighted by Gasteiger charge is -2.14. The van der Waals surface area contributed by atoms with Crippen LogP contribution in [0.3, 0.4) is 0 Å². The van der Waals surface area contributed by atoms with Gasteiger partial charge in [0.1, 0.15) is 5.52 Å². The Labute approximate surface area is 193 Å². The van der Waals surface area contributed by atoms with Gasteiger partial charge >= 0.3 is 0 Å². The van der Waals surface area contributed by atoms with Gasteiger partial charge in [-0.25, -0.2) is 4.98 Å². The number of nitrogens with zero attached hydrogens (tertiary/aromatic N) is 1. The Morgan fingerprint density at radius 1 is 0.938 bits per heavy atom. The number of methoxy groups -OCH3 is 3. The monoisotopic (exact) mass is 472 g/mol. The van der Waals surface area contributed by atoms with Gasteiger partial charge in [0.25, 0.3) is 5.91 Å². The predicted molar refractivity (Wildman–Crippen MR) is 124 cm³/mol. The Bertz CT molecular complexity index is 1290. The number of amides is 1. The second-order valence-corrected chi connectivity index (χ2v) is 7.54. The fourth-order valence-corrected chi connectivity index (χ4v) is 3.57. The standard InChI is InChI=1S/C23H18Cl2N2O5/c1-29-19-8-12(9-20(30-2)21(19)31-3)22(28)26-14-5-7-18-17(11-14)27-23(32-18)15-10-13(24)4-6-16(15)25/h4-11H,1-3H3,(H,26,28). The highest BCUT2D eigenvalue weighted by Crippen LogP contribution is 2.38. The molecule has 4 aromatic rings. The third-order valence-corrected chi connectivity index (χ3v) is 5.30. The van der Waals surface area contributed by atoms with Crippen LogP contribution in [0.5, 0.6) is 17.2 Å². The zero-order chi connectivity index (χ0) is 22.8. The van der Waals surface area contributed by atoms with E-state index in [1.54, 1.807) is 48.5 Å². The molecule has 0 aliphatic heterocycles. The molecule has 0 spiro atoms. The number of ether oxygens (including phenoxy) is 3. The van der Waals surface area contributed by atoms with Crippen molar-refractivity contribution in [3.05, 3.63) is 64.1 Å². The van der Waals surface area contributed by atoms with Gasteiger partial charge in [-0.1, -0.05) is 23.2 Å². The molecule has 1 amide bonds. The number of carbonyl (C=O) groups is 1. The van der Waals surface area contributed by atoms with Crippen LogP contribution >= 0.6 is 23.2 Å². The zero-order valence-electron chi connectivity index (χ0n) is 17.4. The van der Waals surface area contributed by atoms with E-state index < -0.39 is 0 Å². The molecule has 32 heavy (non-hydrogen) atoms. The molecule has 0 aliphatic rings. The Morgan fingerprint density at radius 3 is 2.31 bits per heavy atom. The van der Waals surface area contributed by atoms with Crippen molar-refractivity contribution in [1.82, 2.24) is 4.98 Å². The van der Waals surface area contributed by atoms with Gasteiger partial charge in [-0.2, -0.15) is 0 Å². The van der Waals surface area contributed by atoms with Crippen LogP contribution in [0.25, 0.3) is 22.6 Å². The minimum Gasteiger partial charge on any atom is -0.493 e. The number of fused-ring (bicyclic) bond motifs is 1. The molecule has 1 aromatic heterocycles. The number of oxazole rings is 1. The van der Waals surface area contributed by atoms with Crippen LogP contribution in [0.15, 0.2) is 52.9 Å². The van der Waals surface area contributed by atoms with Crippen LogP contribution in [0.1, 0.15) is 10.4 Å². The lowest BCUT2D eigenvalue weighted by atomic mass is 10.1. The van der Waals surface area contributed by atoms with Crippen molar-refractivity contribution < 1.29 is 23.4 Å². The summed E-state index contributed by atoms with van der Waals surface area (Å²) in [5.74, 6) is 1.15. The molecule has 1 N–H and O–H groups in total. The quantitative estimate of drug-likeness (QED) is 0.366. The molecular weight excluding hydrogens is 455 g/mol. The normalized spacial score (nSPS) is 10.8. The summed E-state index contributed by atoms with van der Waals surface area (Å²) in [5, 5.41) is 3.83. The molecule has 7 nitrogen and oxygen atoms in total. The van der Waals surface area contributed by atoms with Crippen molar-refractivity contribution in [2.45, 2.75) is 0 Å². The van der Waals surface area contributed by atoms with Gasteiger partial charge in [0, 0.05) is 16.3 Å². The van der Waals surface area contributed by atoms with Crippen molar-refractivity contribution >= 4 is 45.9 Å². The molecule has 0 bridgehead atoms. The van der Waals surface area contributed by atoms with Gasteiger partial charge in [-0.3, -0.25) is 4.79 Å². The molecule has 0 fully saturated rings. The molecule has 0 aliphatic carbocycles. The highest BCUT2D eigenvalue weighted by atomic mass is 35.5. The molecule has 9 heteroatoms. The number of carbonyl (C=O) groups excluding carboxylic acids is 1. The van der Waals surface area contributed by atoms with E-state index in [1.165, 1.54) is 21.3 Å². The third-order valence-electron chi connectivity index (χ3n) is 4.73. The second-order valence-electron chi connectivity index (χ2n) is 6.69. The Hall–Kier alpha value is -3.42. The van der Waals surface area contributed by atoms with Gasteiger partial charge < -0.3 is 23.9 Å². The zero-order valence-corrected chi connectivity index (χ0v) is 18.9. The maximum absolute atomic E-state index is 12.9. The molecule has 0 radical (unpaired) electrons. The maximum atomic E-state index is 12.9. The molecule has 1 heterocycles. The minimum atomic E-state index is -0.356. The predicted octanol–water partition coefficient (Wildman–Crippen LogP) is 6.08. The summed E-state index contributed by atoms with van der Waals surface area (Å²) in [4.78, 5) is 17.3. The van der Waals surface area contributed by atoms with Crippen LogP contribution in [0.2, 0.25) is 10.0 Å². The van der Waals surface area contributed by atoms with Gasteiger partial charge in [0.15, 0.2) is 17.1 Å². The second kappa shape index (κ2) is 8.98. The number of hydrogen-bond acceptors (Lipinski definition) is 6. The van der Waals surface area contributed by atoms with Crippen LogP contribution < -0.4 is 19.5 Å². The maximum Gasteiger partial charge on any atom is 0.255 e. The van der Waals surface area contributed by atoms with E-state index in [1.807, 2.05) is 0 Å². The molecule has 4 rings (SSSR count). The van der Waals surface area contributed by atoms with Crippen LogP contribution in [-0.2, 0) is 0 Å². The molecule has 0 unspecified atom stereocenters. The highest BCUT2D eigenvalue weighted by Gasteiger charge is 2.18. The Balaban J connectivity index is 1.64. The molecular formula is C23H18Cl2N2O5. The average Bonchev–Trinajstić information content (AvgIpc) is 3.22. The van der Waals surface area contributed by atoms with Crippen LogP contribution in [0.4, 0.5) is 5.69 Å². The Kier molecular flexibility index (Phi) is 6.12. The van der Waals surface area contributed by atoms with Crippen molar-refractivity contribution in [3.8, 4) is 28.7 Å².